The van der Waals surface area contributed by atoms with Crippen molar-refractivity contribution in [3.8, 4) is 0 Å². The van der Waals surface area contributed by atoms with Crippen LogP contribution in [0.15, 0.2) is 64.6 Å². The van der Waals surface area contributed by atoms with Crippen molar-refractivity contribution >= 4 is 21.2 Å². The molecular weight excluding hydrogens is 296 g/mol. The van der Waals surface area contributed by atoms with Gasteiger partial charge >= 0.3 is 0 Å². The number of amidine groups is 1. The summed E-state index contributed by atoms with van der Waals surface area (Å²) in [7, 11) is -3.19. The van der Waals surface area contributed by atoms with Crippen LogP contribution in [0.25, 0.3) is 5.57 Å². The van der Waals surface area contributed by atoms with Crippen LogP contribution >= 0.6 is 0 Å². The zero-order chi connectivity index (χ0) is 15.7. The number of fused-ring (bicyclic) bond motifs is 1. The molecule has 5 heteroatoms. The molecule has 22 heavy (non-hydrogen) atoms. The van der Waals surface area contributed by atoms with E-state index in [2.05, 4.69) is 4.99 Å². The van der Waals surface area contributed by atoms with Crippen LogP contribution in [-0.4, -0.2) is 20.5 Å². The van der Waals surface area contributed by atoms with E-state index >= 15 is 0 Å². The van der Waals surface area contributed by atoms with Crippen molar-refractivity contribution in [1.29, 1.82) is 0 Å². The van der Waals surface area contributed by atoms with Crippen molar-refractivity contribution in [2.75, 3.05) is 6.26 Å². The molecule has 0 atom stereocenters. The first kappa shape index (κ1) is 14.5. The molecule has 2 aromatic carbocycles. The van der Waals surface area contributed by atoms with Gasteiger partial charge in [-0.1, -0.05) is 36.4 Å². The topological polar surface area (TPSA) is 72.5 Å². The predicted octanol–water partition coefficient (Wildman–Crippen LogP) is 2.39. The fourth-order valence-corrected chi connectivity index (χ4v) is 3.14. The molecule has 2 aromatic rings. The number of benzene rings is 2. The monoisotopic (exact) mass is 312 g/mol. The molecule has 1 heterocycles. The highest BCUT2D eigenvalue weighted by Gasteiger charge is 2.14. The lowest BCUT2D eigenvalue weighted by Gasteiger charge is -2.11. The Labute approximate surface area is 129 Å². The van der Waals surface area contributed by atoms with Gasteiger partial charge in [-0.3, -0.25) is 0 Å². The normalized spacial score (nSPS) is 14.6. The Morgan fingerprint density at radius 1 is 1.05 bits per heavy atom. The number of nitrogens with two attached hydrogens (primary N) is 1. The van der Waals surface area contributed by atoms with Gasteiger partial charge in [0.1, 0.15) is 5.84 Å². The second kappa shape index (κ2) is 5.42. The molecule has 0 spiro atoms. The van der Waals surface area contributed by atoms with Crippen LogP contribution in [0.5, 0.6) is 0 Å². The second-order valence-electron chi connectivity index (χ2n) is 5.29. The molecule has 0 radical (unpaired) electrons. The Morgan fingerprint density at radius 2 is 1.73 bits per heavy atom. The number of hydrogen-bond acceptors (Lipinski definition) is 4. The van der Waals surface area contributed by atoms with Crippen LogP contribution in [-0.2, 0) is 16.3 Å². The van der Waals surface area contributed by atoms with E-state index in [-0.39, 0.29) is 0 Å². The molecule has 0 aromatic heterocycles. The van der Waals surface area contributed by atoms with Crippen LogP contribution in [0.1, 0.15) is 16.7 Å². The Bertz CT molecular complexity index is 879. The zero-order valence-electron chi connectivity index (χ0n) is 12.2. The summed E-state index contributed by atoms with van der Waals surface area (Å²) >= 11 is 0. The summed E-state index contributed by atoms with van der Waals surface area (Å²) in [5.74, 6) is 0.565. The standard InChI is InChI=1S/C17H16N2O2S/c1-22(20,21)14-8-6-12(7-9-14)16-11-19-17(18)10-13-4-2-3-5-15(13)16/h2-9,11H,10H2,1H3,(H2,18,19). The van der Waals surface area contributed by atoms with Crippen LogP contribution in [0, 0.1) is 0 Å². The maximum atomic E-state index is 11.6. The third-order valence-corrected chi connectivity index (χ3v) is 4.76. The number of sulfone groups is 1. The van der Waals surface area contributed by atoms with E-state index < -0.39 is 9.84 Å². The van der Waals surface area contributed by atoms with Gasteiger partial charge in [0, 0.05) is 24.4 Å². The molecule has 4 nitrogen and oxygen atoms in total. The Kier molecular flexibility index (Phi) is 3.58. The van der Waals surface area contributed by atoms with Crippen LogP contribution < -0.4 is 5.73 Å². The Balaban J connectivity index is 2.11. The Morgan fingerprint density at radius 3 is 2.41 bits per heavy atom. The molecule has 1 aliphatic rings. The first-order chi connectivity index (χ1) is 10.4. The second-order valence-corrected chi connectivity index (χ2v) is 7.31. The third-order valence-electron chi connectivity index (χ3n) is 3.63. The summed E-state index contributed by atoms with van der Waals surface area (Å²) in [6.45, 7) is 0. The minimum atomic E-state index is -3.19. The van der Waals surface area contributed by atoms with Gasteiger partial charge in [0.15, 0.2) is 9.84 Å². The average molecular weight is 312 g/mol. The fourth-order valence-electron chi connectivity index (χ4n) is 2.51. The molecule has 1 aliphatic heterocycles. The molecule has 0 saturated heterocycles. The number of nitrogens with zero attached hydrogens (tertiary/aromatic N) is 1. The van der Waals surface area contributed by atoms with E-state index in [1.54, 1.807) is 30.5 Å². The van der Waals surface area contributed by atoms with Crippen molar-refractivity contribution < 1.29 is 8.42 Å². The van der Waals surface area contributed by atoms with Gasteiger partial charge in [-0.15, -0.1) is 0 Å². The van der Waals surface area contributed by atoms with Gasteiger partial charge < -0.3 is 5.73 Å². The van der Waals surface area contributed by atoms with Gasteiger partial charge in [-0.2, -0.15) is 0 Å². The van der Waals surface area contributed by atoms with Gasteiger partial charge in [-0.05, 0) is 28.8 Å². The fraction of sp³-hybridized carbons (Fsp3) is 0.118. The SMILES string of the molecule is CS(=O)(=O)c1ccc(C2=CN=C(N)Cc3ccccc32)cc1. The number of hydrogen-bond donors (Lipinski definition) is 1. The number of rotatable bonds is 2. The predicted molar refractivity (Wildman–Crippen MR) is 88.4 cm³/mol. The lowest BCUT2D eigenvalue weighted by Crippen LogP contribution is -2.14. The lowest BCUT2D eigenvalue weighted by atomic mass is 9.94. The summed E-state index contributed by atoms with van der Waals surface area (Å²) in [6, 6.07) is 14.8. The molecule has 0 unspecified atom stereocenters. The van der Waals surface area contributed by atoms with Crippen molar-refractivity contribution in [3.05, 3.63) is 71.4 Å². The summed E-state index contributed by atoms with van der Waals surface area (Å²) < 4.78 is 23.1. The highest BCUT2D eigenvalue weighted by molar-refractivity contribution is 7.90. The lowest BCUT2D eigenvalue weighted by molar-refractivity contribution is 0.602. The molecule has 0 fully saturated rings. The molecule has 2 N–H and O–H groups in total. The summed E-state index contributed by atoms with van der Waals surface area (Å²) in [5.41, 5.74) is 9.93. The highest BCUT2D eigenvalue weighted by atomic mass is 32.2. The van der Waals surface area contributed by atoms with E-state index in [1.807, 2.05) is 24.3 Å². The van der Waals surface area contributed by atoms with Crippen molar-refractivity contribution in [1.82, 2.24) is 0 Å². The molecule has 0 aliphatic carbocycles. The van der Waals surface area contributed by atoms with Crippen LogP contribution in [0.4, 0.5) is 0 Å². The maximum Gasteiger partial charge on any atom is 0.175 e. The first-order valence-corrected chi connectivity index (χ1v) is 8.75. The van der Waals surface area contributed by atoms with Crippen molar-refractivity contribution in [2.24, 2.45) is 10.7 Å². The van der Waals surface area contributed by atoms with Gasteiger partial charge in [0.25, 0.3) is 0 Å². The molecule has 3 rings (SSSR count). The zero-order valence-corrected chi connectivity index (χ0v) is 13.0. The smallest absolute Gasteiger partial charge is 0.175 e. The van der Waals surface area contributed by atoms with Crippen LogP contribution in [0.3, 0.4) is 0 Å². The van der Waals surface area contributed by atoms with Crippen molar-refractivity contribution in [3.63, 3.8) is 0 Å². The molecule has 112 valence electrons. The molecule has 0 saturated carbocycles. The average Bonchev–Trinajstić information content (AvgIpc) is 2.65. The van der Waals surface area contributed by atoms with E-state index in [0.717, 1.165) is 22.3 Å². The summed E-state index contributed by atoms with van der Waals surface area (Å²) in [6.07, 6.45) is 3.56. The van der Waals surface area contributed by atoms with Gasteiger partial charge in [0.2, 0.25) is 0 Å². The Hall–Kier alpha value is -2.40. The molecular formula is C17H16N2O2S. The molecule has 0 bridgehead atoms. The minimum Gasteiger partial charge on any atom is -0.387 e. The van der Waals surface area contributed by atoms with E-state index in [9.17, 15) is 8.42 Å². The third kappa shape index (κ3) is 2.80. The largest absolute Gasteiger partial charge is 0.387 e. The van der Waals surface area contributed by atoms with E-state index in [4.69, 9.17) is 5.73 Å². The highest BCUT2D eigenvalue weighted by Crippen LogP contribution is 2.29. The van der Waals surface area contributed by atoms with Crippen molar-refractivity contribution in [2.45, 2.75) is 11.3 Å². The van der Waals surface area contributed by atoms with E-state index in [0.29, 0.717) is 17.2 Å². The first-order valence-electron chi connectivity index (χ1n) is 6.86. The molecule has 0 amide bonds. The van der Waals surface area contributed by atoms with Crippen LogP contribution in [0.2, 0.25) is 0 Å². The maximum absolute atomic E-state index is 11.6. The summed E-state index contributed by atoms with van der Waals surface area (Å²) in [5, 5.41) is 0. The quantitative estimate of drug-likeness (QED) is 0.925. The van der Waals surface area contributed by atoms with Gasteiger partial charge in [0.05, 0.1) is 4.90 Å². The van der Waals surface area contributed by atoms with Gasteiger partial charge in [-0.25, -0.2) is 13.4 Å². The minimum absolute atomic E-state index is 0.307. The van der Waals surface area contributed by atoms with E-state index in [1.165, 1.54) is 6.26 Å². The summed E-state index contributed by atoms with van der Waals surface area (Å²) in [4.78, 5) is 4.59. The number of aliphatic imine (C=N–C) groups is 1.